The number of benzene rings is 4. The summed E-state index contributed by atoms with van der Waals surface area (Å²) in [4.78, 5) is 0. The van der Waals surface area contributed by atoms with Crippen molar-refractivity contribution in [1.29, 1.82) is 0 Å². The Morgan fingerprint density at radius 2 is 1.15 bits per heavy atom. The molecule has 0 N–H and O–H groups in total. The number of aryl methyl sites for hydroxylation is 1. The van der Waals surface area contributed by atoms with E-state index in [2.05, 4.69) is 67.6 Å². The zero-order valence-corrected chi connectivity index (χ0v) is 20.1. The molecule has 0 aliphatic carbocycles. The van der Waals surface area contributed by atoms with Crippen LogP contribution in [0.15, 0.2) is 127 Å². The van der Waals surface area contributed by atoms with E-state index in [-0.39, 0.29) is 0 Å². The van der Waals surface area contributed by atoms with Crippen LogP contribution in [0.1, 0.15) is 12.5 Å². The molecule has 0 heterocycles. The summed E-state index contributed by atoms with van der Waals surface area (Å²) in [7, 11) is -2.69. The third kappa shape index (κ3) is 5.33. The fourth-order valence-electron chi connectivity index (χ4n) is 4.15. The van der Waals surface area contributed by atoms with Gasteiger partial charge in [0.2, 0.25) is 0 Å². The molecule has 5 aromatic carbocycles. The molecule has 5 rings (SSSR count). The molecule has 1 unspecified atom stereocenters. The summed E-state index contributed by atoms with van der Waals surface area (Å²) in [5.41, 5.74) is 1.25. The van der Waals surface area contributed by atoms with Crippen molar-refractivity contribution in [2.45, 2.75) is 13.3 Å². The minimum atomic E-state index is -2.69. The van der Waals surface area contributed by atoms with Crippen molar-refractivity contribution in [3.05, 3.63) is 133 Å². The van der Waals surface area contributed by atoms with Gasteiger partial charge in [-0.3, -0.25) is 0 Å². The van der Waals surface area contributed by atoms with Gasteiger partial charge in [0.25, 0.3) is 0 Å². The molecule has 0 fully saturated rings. The molecule has 0 amide bonds. The molecule has 0 aliphatic rings. The van der Waals surface area contributed by atoms with E-state index in [9.17, 15) is 4.57 Å². The maximum Gasteiger partial charge on any atom is 0.140 e. The van der Waals surface area contributed by atoms with E-state index in [1.165, 1.54) is 16.3 Å². The van der Waals surface area contributed by atoms with Crippen LogP contribution in [0, 0.1) is 0 Å². The molecule has 0 aliphatic heterocycles. The van der Waals surface area contributed by atoms with Crippen molar-refractivity contribution >= 4 is 39.3 Å². The Balaban J connectivity index is 0.000000376. The van der Waals surface area contributed by atoms with Crippen LogP contribution in [0.5, 0.6) is 0 Å². The zero-order valence-electron chi connectivity index (χ0n) is 19.2. The summed E-state index contributed by atoms with van der Waals surface area (Å²) in [5.74, 6) is 0. The highest BCUT2D eigenvalue weighted by atomic mass is 31.2. The Labute approximate surface area is 196 Å². The van der Waals surface area contributed by atoms with Crippen LogP contribution in [-0.2, 0) is 11.0 Å². The van der Waals surface area contributed by atoms with E-state index >= 15 is 0 Å². The highest BCUT2D eigenvalue weighted by Gasteiger charge is 2.23. The standard InChI is InChI=1S/C25H23OP.C6H6/c1-3-23-21-14-12-19-8-7-9-20(18-19)13-16-24(23)25(17-15-21)27(2,26)22-10-5-4-6-11-22;1-2-4-6-5-3-1/h4-18H,3H2,1-2H3;1-6H. The van der Waals surface area contributed by atoms with Crippen LogP contribution < -0.4 is 10.6 Å². The first-order valence-electron chi connectivity index (χ1n) is 11.4. The van der Waals surface area contributed by atoms with E-state index in [0.717, 1.165) is 27.8 Å². The predicted molar refractivity (Wildman–Crippen MR) is 145 cm³/mol. The van der Waals surface area contributed by atoms with E-state index in [1.807, 2.05) is 73.4 Å². The van der Waals surface area contributed by atoms with Gasteiger partial charge in [-0.1, -0.05) is 122 Å². The first-order valence-corrected chi connectivity index (χ1v) is 13.5. The lowest BCUT2D eigenvalue weighted by atomic mass is 10.0. The Morgan fingerprint density at radius 3 is 1.76 bits per heavy atom. The van der Waals surface area contributed by atoms with E-state index in [0.29, 0.717) is 0 Å². The molecule has 5 aromatic rings. The highest BCUT2D eigenvalue weighted by Crippen LogP contribution is 2.41. The van der Waals surface area contributed by atoms with Crippen molar-refractivity contribution in [1.82, 2.24) is 0 Å². The van der Waals surface area contributed by atoms with Gasteiger partial charge in [0.1, 0.15) is 7.14 Å². The summed E-state index contributed by atoms with van der Waals surface area (Å²) in [5, 5.41) is 6.48. The average molecular weight is 449 g/mol. The first kappa shape index (κ1) is 22.8. The normalized spacial score (nSPS) is 12.4. The van der Waals surface area contributed by atoms with Crippen LogP contribution >= 0.6 is 7.14 Å². The molecule has 1 atom stereocenters. The number of rotatable bonds is 3. The van der Waals surface area contributed by atoms with Crippen molar-refractivity contribution in [2.24, 2.45) is 0 Å². The number of fused-ring (bicyclic) bond motifs is 4. The van der Waals surface area contributed by atoms with Crippen LogP contribution in [0.2, 0.25) is 0 Å². The van der Waals surface area contributed by atoms with E-state index in [1.54, 1.807) is 0 Å². The van der Waals surface area contributed by atoms with Gasteiger partial charge in [-0.2, -0.15) is 0 Å². The zero-order chi connectivity index (χ0) is 23.1. The molecule has 0 aromatic heterocycles. The quantitative estimate of drug-likeness (QED) is 0.258. The molecule has 2 heteroatoms. The summed E-state index contributed by atoms with van der Waals surface area (Å²) in [6.45, 7) is 4.05. The maximum atomic E-state index is 13.9. The lowest BCUT2D eigenvalue weighted by Crippen LogP contribution is -2.16. The molecule has 0 saturated carbocycles. The molecule has 1 nitrogen and oxygen atoms in total. The first-order chi connectivity index (χ1) is 16.1. The fourth-order valence-corrected chi connectivity index (χ4v) is 6.19. The van der Waals surface area contributed by atoms with Crippen molar-refractivity contribution in [3.63, 3.8) is 0 Å². The van der Waals surface area contributed by atoms with Crippen molar-refractivity contribution in [3.8, 4) is 0 Å². The van der Waals surface area contributed by atoms with Gasteiger partial charge in [-0.15, -0.1) is 0 Å². The Hall–Kier alpha value is -3.41. The SMILES string of the molecule is CCc1c2ccc(P(C)(=O)c3ccccc3)c1ccc1cccc(cc2)c1.c1ccccc1. The van der Waals surface area contributed by atoms with Gasteiger partial charge < -0.3 is 4.57 Å². The molecule has 0 saturated heterocycles. The highest BCUT2D eigenvalue weighted by molar-refractivity contribution is 7.78. The van der Waals surface area contributed by atoms with Crippen LogP contribution in [0.3, 0.4) is 0 Å². The molecule has 0 spiro atoms. The van der Waals surface area contributed by atoms with Gasteiger partial charge in [0.15, 0.2) is 0 Å². The van der Waals surface area contributed by atoms with Gasteiger partial charge in [-0.25, -0.2) is 0 Å². The number of hydrogen-bond acceptors (Lipinski definition) is 1. The third-order valence-corrected chi connectivity index (χ3v) is 8.50. The van der Waals surface area contributed by atoms with Crippen LogP contribution in [0.25, 0.3) is 21.5 Å². The largest absolute Gasteiger partial charge is 0.314 e. The lowest BCUT2D eigenvalue weighted by molar-refractivity contribution is 0.590. The average Bonchev–Trinajstić information content (AvgIpc) is 2.87. The summed E-state index contributed by atoms with van der Waals surface area (Å²) < 4.78 is 13.9. The molecular formula is C31H29OP. The van der Waals surface area contributed by atoms with Gasteiger partial charge in [-0.05, 0) is 52.3 Å². The second-order valence-corrected chi connectivity index (χ2v) is 11.0. The lowest BCUT2D eigenvalue weighted by Gasteiger charge is -2.18. The van der Waals surface area contributed by atoms with E-state index < -0.39 is 7.14 Å². The molecule has 0 radical (unpaired) electrons. The number of hydrogen-bond donors (Lipinski definition) is 0. The van der Waals surface area contributed by atoms with Gasteiger partial charge >= 0.3 is 0 Å². The fraction of sp³-hybridized carbons (Fsp3) is 0.0968. The minimum Gasteiger partial charge on any atom is -0.314 e. The Morgan fingerprint density at radius 1 is 0.606 bits per heavy atom. The monoisotopic (exact) mass is 448 g/mol. The minimum absolute atomic E-state index is 0.899. The smallest absolute Gasteiger partial charge is 0.140 e. The molecular weight excluding hydrogens is 419 g/mol. The Kier molecular flexibility index (Phi) is 7.23. The summed E-state index contributed by atoms with van der Waals surface area (Å²) >= 11 is 0. The summed E-state index contributed by atoms with van der Waals surface area (Å²) in [6, 6.07) is 43.1. The Bertz CT molecular complexity index is 1400. The molecule has 4 bridgehead atoms. The second-order valence-electron chi connectivity index (χ2n) is 8.17. The predicted octanol–water partition coefficient (Wildman–Crippen LogP) is 7.75. The van der Waals surface area contributed by atoms with Gasteiger partial charge in [0, 0.05) is 10.6 Å². The maximum absolute atomic E-state index is 13.9. The van der Waals surface area contributed by atoms with Crippen molar-refractivity contribution in [2.75, 3.05) is 6.66 Å². The van der Waals surface area contributed by atoms with Crippen molar-refractivity contribution < 1.29 is 4.57 Å². The third-order valence-electron chi connectivity index (χ3n) is 5.91. The molecule has 33 heavy (non-hydrogen) atoms. The topological polar surface area (TPSA) is 17.1 Å². The van der Waals surface area contributed by atoms with Crippen LogP contribution in [0.4, 0.5) is 0 Å². The second kappa shape index (κ2) is 10.5. The summed E-state index contributed by atoms with van der Waals surface area (Å²) in [6.07, 6.45) is 0.899. The van der Waals surface area contributed by atoms with E-state index in [4.69, 9.17) is 0 Å². The molecule has 164 valence electrons. The van der Waals surface area contributed by atoms with Crippen LogP contribution in [-0.4, -0.2) is 6.66 Å². The van der Waals surface area contributed by atoms with Gasteiger partial charge in [0.05, 0.1) is 0 Å².